The van der Waals surface area contributed by atoms with Crippen LogP contribution in [0.2, 0.25) is 0 Å². The van der Waals surface area contributed by atoms with Gasteiger partial charge in [-0.2, -0.15) is 0 Å². The number of amides is 1. The molecule has 0 radical (unpaired) electrons. The zero-order chi connectivity index (χ0) is 16.9. The van der Waals surface area contributed by atoms with Crippen LogP contribution in [0.1, 0.15) is 29.4 Å². The number of carbonyl (C=O) groups excluding carboxylic acids is 1. The quantitative estimate of drug-likeness (QED) is 0.867. The Morgan fingerprint density at radius 2 is 2.08 bits per heavy atom. The average molecular weight is 324 g/mol. The first kappa shape index (κ1) is 16.6. The molecule has 2 heterocycles. The maximum Gasteiger partial charge on any atom is 0.274 e. The summed E-state index contributed by atoms with van der Waals surface area (Å²) in [5.74, 6) is 0.379. The van der Waals surface area contributed by atoms with Crippen LogP contribution < -0.4 is 0 Å². The van der Waals surface area contributed by atoms with Crippen LogP contribution >= 0.6 is 0 Å². The fourth-order valence-electron chi connectivity index (χ4n) is 3.52. The first-order valence-electron chi connectivity index (χ1n) is 8.44. The minimum absolute atomic E-state index is 0.0449. The topological polar surface area (TPSA) is 49.3 Å². The van der Waals surface area contributed by atoms with Gasteiger partial charge in [-0.3, -0.25) is 14.7 Å². The smallest absolute Gasteiger partial charge is 0.274 e. The normalized spacial score (nSPS) is 21.4. The van der Waals surface area contributed by atoms with E-state index in [4.69, 9.17) is 0 Å². The Hall–Kier alpha value is -2.27. The maximum absolute atomic E-state index is 12.6. The van der Waals surface area contributed by atoms with Crippen LogP contribution in [0.15, 0.2) is 48.9 Å². The lowest BCUT2D eigenvalue weighted by molar-refractivity contribution is 0.0492. The van der Waals surface area contributed by atoms with Gasteiger partial charge < -0.3 is 4.90 Å². The van der Waals surface area contributed by atoms with Crippen molar-refractivity contribution < 1.29 is 4.79 Å². The molecule has 2 atom stereocenters. The molecule has 1 aliphatic rings. The molecule has 24 heavy (non-hydrogen) atoms. The van der Waals surface area contributed by atoms with E-state index < -0.39 is 0 Å². The van der Waals surface area contributed by atoms with Crippen LogP contribution in [0.25, 0.3) is 0 Å². The van der Waals surface area contributed by atoms with Gasteiger partial charge in [0.05, 0.1) is 6.20 Å². The number of rotatable bonds is 4. The molecule has 0 N–H and O–H groups in total. The van der Waals surface area contributed by atoms with E-state index >= 15 is 0 Å². The molecule has 2 aromatic rings. The van der Waals surface area contributed by atoms with E-state index in [9.17, 15) is 4.79 Å². The Bertz CT molecular complexity index is 662. The molecular formula is C19H24N4O. The zero-order valence-electron chi connectivity index (χ0n) is 14.3. The molecule has 0 unspecified atom stereocenters. The van der Waals surface area contributed by atoms with Crippen molar-refractivity contribution in [3.8, 4) is 0 Å². The predicted molar refractivity (Wildman–Crippen MR) is 93.4 cm³/mol. The van der Waals surface area contributed by atoms with E-state index in [-0.39, 0.29) is 11.9 Å². The SMILES string of the molecule is C[C@@H]1CN(Cc2ccccc2)CC[C@@H]1N(C)C(=O)c1cnccn1. The number of hydrogen-bond acceptors (Lipinski definition) is 4. The van der Waals surface area contributed by atoms with Gasteiger partial charge in [-0.05, 0) is 17.9 Å². The second kappa shape index (κ2) is 7.53. The zero-order valence-corrected chi connectivity index (χ0v) is 14.3. The van der Waals surface area contributed by atoms with Crippen molar-refractivity contribution in [2.24, 2.45) is 5.92 Å². The van der Waals surface area contributed by atoms with Crippen molar-refractivity contribution in [2.75, 3.05) is 20.1 Å². The summed E-state index contributed by atoms with van der Waals surface area (Å²) in [5, 5.41) is 0. The lowest BCUT2D eigenvalue weighted by Gasteiger charge is -2.41. The third-order valence-electron chi connectivity index (χ3n) is 4.79. The van der Waals surface area contributed by atoms with E-state index in [0.717, 1.165) is 26.1 Å². The number of piperidine rings is 1. The van der Waals surface area contributed by atoms with Gasteiger partial charge in [-0.1, -0.05) is 37.3 Å². The Morgan fingerprint density at radius 1 is 1.29 bits per heavy atom. The number of carbonyl (C=O) groups is 1. The summed E-state index contributed by atoms with van der Waals surface area (Å²) in [6.07, 6.45) is 5.67. The standard InChI is InChI=1S/C19H24N4O/c1-15-13-23(14-16-6-4-3-5-7-16)11-8-18(15)22(2)19(24)17-12-20-9-10-21-17/h3-7,9-10,12,15,18H,8,11,13-14H2,1-2H3/t15-,18+/m1/s1. The largest absolute Gasteiger partial charge is 0.337 e. The maximum atomic E-state index is 12.6. The molecule has 1 aromatic carbocycles. The highest BCUT2D eigenvalue weighted by Crippen LogP contribution is 2.23. The fraction of sp³-hybridized carbons (Fsp3) is 0.421. The van der Waals surface area contributed by atoms with Crippen molar-refractivity contribution in [1.29, 1.82) is 0 Å². The minimum Gasteiger partial charge on any atom is -0.337 e. The Kier molecular flexibility index (Phi) is 5.20. The van der Waals surface area contributed by atoms with E-state index in [2.05, 4.69) is 46.1 Å². The number of aromatic nitrogens is 2. The van der Waals surface area contributed by atoms with Gasteiger partial charge in [0.25, 0.3) is 5.91 Å². The first-order chi connectivity index (χ1) is 11.6. The molecule has 5 nitrogen and oxygen atoms in total. The van der Waals surface area contributed by atoms with Crippen molar-refractivity contribution in [1.82, 2.24) is 19.8 Å². The Labute approximate surface area is 143 Å². The number of benzene rings is 1. The molecule has 1 aromatic heterocycles. The van der Waals surface area contributed by atoms with Crippen LogP contribution in [0.3, 0.4) is 0 Å². The van der Waals surface area contributed by atoms with Gasteiger partial charge in [-0.25, -0.2) is 4.98 Å². The van der Waals surface area contributed by atoms with E-state index in [1.54, 1.807) is 12.4 Å². The minimum atomic E-state index is -0.0449. The van der Waals surface area contributed by atoms with Crippen LogP contribution in [0, 0.1) is 5.92 Å². The van der Waals surface area contributed by atoms with Crippen molar-refractivity contribution in [3.05, 3.63) is 60.2 Å². The lowest BCUT2D eigenvalue weighted by Crippen LogP contribution is -2.50. The second-order valence-electron chi connectivity index (χ2n) is 6.56. The van der Waals surface area contributed by atoms with Crippen LogP contribution in [0.4, 0.5) is 0 Å². The summed E-state index contributed by atoms with van der Waals surface area (Å²) >= 11 is 0. The summed E-state index contributed by atoms with van der Waals surface area (Å²) in [6.45, 7) is 5.20. The van der Waals surface area contributed by atoms with Gasteiger partial charge in [0, 0.05) is 45.1 Å². The molecule has 0 aliphatic carbocycles. The predicted octanol–water partition coefficient (Wildman–Crippen LogP) is 2.46. The van der Waals surface area contributed by atoms with Gasteiger partial charge in [0.1, 0.15) is 5.69 Å². The van der Waals surface area contributed by atoms with Gasteiger partial charge in [-0.15, -0.1) is 0 Å². The molecule has 0 bridgehead atoms. The molecule has 1 saturated heterocycles. The van der Waals surface area contributed by atoms with Gasteiger partial charge >= 0.3 is 0 Å². The molecular weight excluding hydrogens is 300 g/mol. The summed E-state index contributed by atoms with van der Waals surface area (Å²) < 4.78 is 0. The van der Waals surface area contributed by atoms with Crippen molar-refractivity contribution in [2.45, 2.75) is 25.9 Å². The van der Waals surface area contributed by atoms with Crippen molar-refractivity contribution >= 4 is 5.91 Å². The number of hydrogen-bond donors (Lipinski definition) is 0. The van der Waals surface area contributed by atoms with E-state index in [0.29, 0.717) is 11.6 Å². The van der Waals surface area contributed by atoms with Crippen LogP contribution in [0.5, 0.6) is 0 Å². The summed E-state index contributed by atoms with van der Waals surface area (Å²) in [4.78, 5) is 25.0. The highest BCUT2D eigenvalue weighted by molar-refractivity contribution is 5.92. The molecule has 5 heteroatoms. The number of likely N-dealkylation sites (tertiary alicyclic amines) is 1. The van der Waals surface area contributed by atoms with Crippen LogP contribution in [-0.4, -0.2) is 51.9 Å². The molecule has 1 fully saturated rings. The highest BCUT2D eigenvalue weighted by Gasteiger charge is 2.31. The molecule has 1 amide bonds. The third-order valence-corrected chi connectivity index (χ3v) is 4.79. The second-order valence-corrected chi connectivity index (χ2v) is 6.56. The van der Waals surface area contributed by atoms with Crippen molar-refractivity contribution in [3.63, 3.8) is 0 Å². The molecule has 1 aliphatic heterocycles. The van der Waals surface area contributed by atoms with Crippen LogP contribution in [-0.2, 0) is 6.54 Å². The molecule has 0 spiro atoms. The summed E-state index contributed by atoms with van der Waals surface area (Å²) in [7, 11) is 1.88. The van der Waals surface area contributed by atoms with E-state index in [1.165, 1.54) is 11.8 Å². The highest BCUT2D eigenvalue weighted by atomic mass is 16.2. The first-order valence-corrected chi connectivity index (χ1v) is 8.44. The monoisotopic (exact) mass is 324 g/mol. The Morgan fingerprint density at radius 3 is 2.75 bits per heavy atom. The lowest BCUT2D eigenvalue weighted by atomic mass is 9.92. The molecule has 3 rings (SSSR count). The van der Waals surface area contributed by atoms with Gasteiger partial charge in [0.2, 0.25) is 0 Å². The average Bonchev–Trinajstić information content (AvgIpc) is 2.62. The summed E-state index contributed by atoms with van der Waals surface area (Å²) in [5.41, 5.74) is 1.76. The molecule has 0 saturated carbocycles. The number of nitrogens with zero attached hydrogens (tertiary/aromatic N) is 4. The van der Waals surface area contributed by atoms with E-state index in [1.807, 2.05) is 18.0 Å². The fourth-order valence-corrected chi connectivity index (χ4v) is 3.52. The Balaban J connectivity index is 1.60. The summed E-state index contributed by atoms with van der Waals surface area (Å²) in [6, 6.07) is 10.8. The molecule has 126 valence electrons. The van der Waals surface area contributed by atoms with Gasteiger partial charge in [0.15, 0.2) is 0 Å². The third kappa shape index (κ3) is 3.79.